The molecule has 2 aliphatic rings. The summed E-state index contributed by atoms with van der Waals surface area (Å²) in [6, 6.07) is 3.05. The zero-order valence-electron chi connectivity index (χ0n) is 19.3. The molecule has 0 aliphatic carbocycles. The number of thioether (sulfide) groups is 1. The number of carbonyl (C=O) groups excluding carboxylic acids is 2. The number of benzene rings is 1. The molecule has 5 rings (SSSR count). The average molecular weight is 532 g/mol. The van der Waals surface area contributed by atoms with Crippen molar-refractivity contribution >= 4 is 35.0 Å². The number of hydrogen-bond acceptors (Lipinski definition) is 10. The van der Waals surface area contributed by atoms with E-state index < -0.39 is 30.6 Å². The Bertz CT molecular complexity index is 1370. The Labute approximate surface area is 213 Å². The molecule has 1 fully saturated rings. The SMILES string of the molecule is NC(/C(=C\NC1CCOC1=O)NC(=O)c1cnn2cccnc12)c1cc2c(cc1OC(F)F)NCCS2. The van der Waals surface area contributed by atoms with Crippen LogP contribution in [-0.2, 0) is 9.53 Å². The Balaban J connectivity index is 1.50. The lowest BCUT2D eigenvalue weighted by molar-refractivity contribution is -0.139. The number of hydrogen-bond donors (Lipinski definition) is 4. The highest BCUT2D eigenvalue weighted by Crippen LogP contribution is 2.40. The molecule has 0 spiro atoms. The molecule has 14 heteroatoms. The summed E-state index contributed by atoms with van der Waals surface area (Å²) in [4.78, 5) is 30.2. The van der Waals surface area contributed by atoms with Crippen molar-refractivity contribution < 1.29 is 27.8 Å². The van der Waals surface area contributed by atoms with Crippen molar-refractivity contribution in [3.05, 3.63) is 59.8 Å². The number of nitrogens with two attached hydrogens (primary N) is 1. The highest BCUT2D eigenvalue weighted by molar-refractivity contribution is 7.99. The number of anilines is 1. The predicted octanol–water partition coefficient (Wildman–Crippen LogP) is 2.02. The molecule has 1 aromatic carbocycles. The summed E-state index contributed by atoms with van der Waals surface area (Å²) in [5, 5.41) is 12.9. The highest BCUT2D eigenvalue weighted by Gasteiger charge is 2.28. The van der Waals surface area contributed by atoms with Gasteiger partial charge in [0.25, 0.3) is 5.91 Å². The number of rotatable bonds is 8. The molecule has 194 valence electrons. The van der Waals surface area contributed by atoms with Gasteiger partial charge in [-0.15, -0.1) is 11.8 Å². The summed E-state index contributed by atoms with van der Waals surface area (Å²) >= 11 is 1.54. The van der Waals surface area contributed by atoms with Crippen molar-refractivity contribution in [3.8, 4) is 5.75 Å². The number of nitrogens with one attached hydrogen (secondary N) is 3. The number of nitrogens with zero attached hydrogens (tertiary/aromatic N) is 3. The van der Waals surface area contributed by atoms with Crippen molar-refractivity contribution in [1.82, 2.24) is 25.2 Å². The van der Waals surface area contributed by atoms with Crippen LogP contribution in [0.15, 0.2) is 53.6 Å². The Kier molecular flexibility index (Phi) is 7.10. The Morgan fingerprint density at radius 3 is 3.05 bits per heavy atom. The van der Waals surface area contributed by atoms with Crippen LogP contribution in [0.3, 0.4) is 0 Å². The van der Waals surface area contributed by atoms with E-state index in [9.17, 15) is 18.4 Å². The van der Waals surface area contributed by atoms with Gasteiger partial charge in [0.1, 0.15) is 17.4 Å². The predicted molar refractivity (Wildman–Crippen MR) is 130 cm³/mol. The van der Waals surface area contributed by atoms with Crippen LogP contribution in [0.2, 0.25) is 0 Å². The zero-order valence-corrected chi connectivity index (χ0v) is 20.1. The minimum absolute atomic E-state index is 0.118. The zero-order chi connectivity index (χ0) is 25.9. The maximum absolute atomic E-state index is 13.3. The molecule has 2 unspecified atom stereocenters. The smallest absolute Gasteiger partial charge is 0.387 e. The van der Waals surface area contributed by atoms with Crippen molar-refractivity contribution in [1.29, 1.82) is 0 Å². The molecule has 37 heavy (non-hydrogen) atoms. The quantitative estimate of drug-likeness (QED) is 0.319. The summed E-state index contributed by atoms with van der Waals surface area (Å²) in [5.74, 6) is -0.366. The van der Waals surface area contributed by atoms with Crippen LogP contribution in [-0.4, -0.2) is 58.0 Å². The van der Waals surface area contributed by atoms with Gasteiger partial charge in [-0.2, -0.15) is 13.9 Å². The number of esters is 1. The van der Waals surface area contributed by atoms with Crippen molar-refractivity contribution in [2.75, 3.05) is 24.2 Å². The van der Waals surface area contributed by atoms with E-state index in [4.69, 9.17) is 15.2 Å². The largest absolute Gasteiger partial charge is 0.464 e. The molecule has 3 aromatic rings. The van der Waals surface area contributed by atoms with Crippen LogP contribution >= 0.6 is 11.8 Å². The van der Waals surface area contributed by atoms with Gasteiger partial charge < -0.3 is 31.2 Å². The second-order valence-corrected chi connectivity index (χ2v) is 9.33. The van der Waals surface area contributed by atoms with Crippen LogP contribution in [0.1, 0.15) is 28.4 Å². The van der Waals surface area contributed by atoms with Crippen LogP contribution in [0, 0.1) is 0 Å². The standard InChI is InChI=1S/C23H23F2N7O4S/c24-23(25)36-17-9-15-18(37-7-4-27-15)8-12(17)19(26)16(11-29-14-2-6-35-22(14)34)31-21(33)13-10-30-32-5-1-3-28-20(13)32/h1,3,5,8-11,14,19,23,27,29H,2,4,6-7,26H2,(H,31,33)/b16-11+. The van der Waals surface area contributed by atoms with Gasteiger partial charge in [0.2, 0.25) is 0 Å². The first-order chi connectivity index (χ1) is 17.9. The number of amides is 1. The second kappa shape index (κ2) is 10.6. The fourth-order valence-electron chi connectivity index (χ4n) is 4.02. The van der Waals surface area contributed by atoms with Gasteiger partial charge in [-0.25, -0.2) is 14.3 Å². The minimum atomic E-state index is -3.08. The monoisotopic (exact) mass is 531 g/mol. The van der Waals surface area contributed by atoms with Gasteiger partial charge >= 0.3 is 12.6 Å². The molecular weight excluding hydrogens is 508 g/mol. The fourth-order valence-corrected chi connectivity index (χ4v) is 4.94. The van der Waals surface area contributed by atoms with Crippen LogP contribution in [0.25, 0.3) is 5.65 Å². The van der Waals surface area contributed by atoms with E-state index in [2.05, 4.69) is 26.0 Å². The molecule has 5 N–H and O–H groups in total. The van der Waals surface area contributed by atoms with E-state index >= 15 is 0 Å². The number of carbonyl (C=O) groups is 2. The number of alkyl halides is 2. The normalized spacial score (nSPS) is 18.2. The van der Waals surface area contributed by atoms with Crippen LogP contribution < -0.4 is 26.4 Å². The van der Waals surface area contributed by atoms with E-state index in [0.717, 1.165) is 10.6 Å². The lowest BCUT2D eigenvalue weighted by Crippen LogP contribution is -2.35. The molecule has 0 bridgehead atoms. The van der Waals surface area contributed by atoms with Crippen LogP contribution in [0.5, 0.6) is 5.75 Å². The lowest BCUT2D eigenvalue weighted by Gasteiger charge is -2.25. The maximum Gasteiger partial charge on any atom is 0.387 e. The van der Waals surface area contributed by atoms with E-state index in [-0.39, 0.29) is 29.2 Å². The first-order valence-corrected chi connectivity index (χ1v) is 12.4. The molecular formula is C23H23F2N7O4S. The number of ether oxygens (including phenoxy) is 2. The molecule has 2 aromatic heterocycles. The van der Waals surface area contributed by atoms with E-state index in [1.165, 1.54) is 29.2 Å². The van der Waals surface area contributed by atoms with E-state index in [0.29, 0.717) is 24.3 Å². The summed E-state index contributed by atoms with van der Waals surface area (Å²) in [6.07, 6.45) is 6.33. The summed E-state index contributed by atoms with van der Waals surface area (Å²) in [6.45, 7) is -2.15. The van der Waals surface area contributed by atoms with E-state index in [1.54, 1.807) is 30.1 Å². The number of fused-ring (bicyclic) bond motifs is 2. The molecule has 2 aliphatic heterocycles. The first-order valence-electron chi connectivity index (χ1n) is 11.4. The van der Waals surface area contributed by atoms with Gasteiger partial charge in [-0.05, 0) is 12.1 Å². The van der Waals surface area contributed by atoms with E-state index in [1.807, 2.05) is 0 Å². The number of halogens is 2. The third-order valence-electron chi connectivity index (χ3n) is 5.83. The lowest BCUT2D eigenvalue weighted by atomic mass is 10.0. The van der Waals surface area contributed by atoms with Crippen molar-refractivity contribution in [2.45, 2.75) is 30.0 Å². The van der Waals surface area contributed by atoms with Gasteiger partial charge in [-0.1, -0.05) is 0 Å². The second-order valence-electron chi connectivity index (χ2n) is 8.19. The number of cyclic esters (lactones) is 1. The molecule has 4 heterocycles. The molecule has 1 saturated heterocycles. The van der Waals surface area contributed by atoms with Gasteiger partial charge in [-0.3, -0.25) is 4.79 Å². The Morgan fingerprint density at radius 1 is 1.41 bits per heavy atom. The molecule has 2 atom stereocenters. The Hall–Kier alpha value is -3.91. The minimum Gasteiger partial charge on any atom is -0.464 e. The van der Waals surface area contributed by atoms with Crippen LogP contribution in [0.4, 0.5) is 14.5 Å². The average Bonchev–Trinajstić information content (AvgIpc) is 3.51. The topological polar surface area (TPSA) is 145 Å². The van der Waals surface area contributed by atoms with Gasteiger partial charge in [0, 0.05) is 53.8 Å². The third kappa shape index (κ3) is 5.29. The molecule has 1 amide bonds. The Morgan fingerprint density at radius 2 is 2.27 bits per heavy atom. The van der Waals surface area contributed by atoms with Gasteiger partial charge in [0.05, 0.1) is 30.2 Å². The summed E-state index contributed by atoms with van der Waals surface area (Å²) < 4.78 is 37.8. The highest BCUT2D eigenvalue weighted by atomic mass is 32.2. The maximum atomic E-state index is 13.3. The van der Waals surface area contributed by atoms with Crippen molar-refractivity contribution in [3.63, 3.8) is 0 Å². The number of aromatic nitrogens is 3. The van der Waals surface area contributed by atoms with Crippen molar-refractivity contribution in [2.24, 2.45) is 5.73 Å². The molecule has 0 saturated carbocycles. The summed E-state index contributed by atoms with van der Waals surface area (Å²) in [5.41, 5.74) is 8.05. The fraction of sp³-hybridized carbons (Fsp3) is 0.304. The van der Waals surface area contributed by atoms with Gasteiger partial charge in [0.15, 0.2) is 5.65 Å². The molecule has 11 nitrogen and oxygen atoms in total. The summed E-state index contributed by atoms with van der Waals surface area (Å²) in [7, 11) is 0. The molecule has 0 radical (unpaired) electrons. The first kappa shape index (κ1) is 24.8. The third-order valence-corrected chi connectivity index (χ3v) is 6.89.